The Labute approximate surface area is 71.9 Å². The third-order valence-corrected chi connectivity index (χ3v) is 2.81. The van der Waals surface area contributed by atoms with Crippen LogP contribution in [0.3, 0.4) is 0 Å². The van der Waals surface area contributed by atoms with Crippen LogP contribution in [0, 0.1) is 0 Å². The highest BCUT2D eigenvalue weighted by molar-refractivity contribution is 7.99. The molecule has 0 aliphatic carbocycles. The fourth-order valence-corrected chi connectivity index (χ4v) is 1.50. The summed E-state index contributed by atoms with van der Waals surface area (Å²) < 4.78 is 0. The molecule has 1 atom stereocenters. The van der Waals surface area contributed by atoms with E-state index in [0.717, 1.165) is 12.2 Å². The first-order chi connectivity index (χ1) is 5.00. The molecule has 0 aliphatic rings. The number of amides is 1. The van der Waals surface area contributed by atoms with Crippen LogP contribution in [-0.2, 0) is 4.79 Å². The molecule has 0 fully saturated rings. The van der Waals surface area contributed by atoms with Crippen molar-refractivity contribution in [3.05, 3.63) is 0 Å². The zero-order valence-electron chi connectivity index (χ0n) is 7.09. The van der Waals surface area contributed by atoms with Crippen molar-refractivity contribution in [1.29, 1.82) is 0 Å². The van der Waals surface area contributed by atoms with E-state index < -0.39 is 11.4 Å². The van der Waals surface area contributed by atoms with Gasteiger partial charge in [0.1, 0.15) is 5.54 Å². The maximum Gasteiger partial charge on any atom is 0.238 e. The molecule has 66 valence electrons. The first-order valence-corrected chi connectivity index (χ1v) is 4.82. The maximum atomic E-state index is 10.7. The van der Waals surface area contributed by atoms with Gasteiger partial charge in [0.15, 0.2) is 0 Å². The van der Waals surface area contributed by atoms with Crippen molar-refractivity contribution in [1.82, 2.24) is 0 Å². The van der Waals surface area contributed by atoms with E-state index in [-0.39, 0.29) is 0 Å². The van der Waals surface area contributed by atoms with E-state index in [4.69, 9.17) is 11.5 Å². The number of hydrogen-bond acceptors (Lipinski definition) is 3. The van der Waals surface area contributed by atoms with E-state index in [2.05, 4.69) is 6.92 Å². The van der Waals surface area contributed by atoms with Gasteiger partial charge in [-0.1, -0.05) is 6.92 Å². The van der Waals surface area contributed by atoms with Gasteiger partial charge in [-0.25, -0.2) is 0 Å². The summed E-state index contributed by atoms with van der Waals surface area (Å²) >= 11 is 1.66. The zero-order valence-corrected chi connectivity index (χ0v) is 7.91. The molecule has 0 aliphatic heterocycles. The molecule has 0 saturated carbocycles. The van der Waals surface area contributed by atoms with Crippen LogP contribution in [-0.4, -0.2) is 23.0 Å². The van der Waals surface area contributed by atoms with E-state index in [1.165, 1.54) is 0 Å². The van der Waals surface area contributed by atoms with Crippen molar-refractivity contribution in [3.8, 4) is 0 Å². The molecule has 4 heteroatoms. The Bertz CT molecular complexity index is 136. The lowest BCUT2D eigenvalue weighted by Crippen LogP contribution is -2.51. The maximum absolute atomic E-state index is 10.7. The molecule has 1 unspecified atom stereocenters. The second kappa shape index (κ2) is 4.62. The number of primary amides is 1. The van der Waals surface area contributed by atoms with Crippen LogP contribution in [0.25, 0.3) is 0 Å². The van der Waals surface area contributed by atoms with Crippen LogP contribution in [0.15, 0.2) is 0 Å². The van der Waals surface area contributed by atoms with E-state index in [1.807, 2.05) is 0 Å². The number of carbonyl (C=O) groups excluding carboxylic acids is 1. The molecule has 0 bridgehead atoms. The SMILES string of the molecule is CCCSCC(C)(N)C(N)=O. The van der Waals surface area contributed by atoms with Gasteiger partial charge in [0.05, 0.1) is 0 Å². The molecular formula is C7H16N2OS. The Kier molecular flexibility index (Phi) is 4.52. The van der Waals surface area contributed by atoms with E-state index in [0.29, 0.717) is 5.75 Å². The molecule has 0 aromatic heterocycles. The fourth-order valence-electron chi connectivity index (χ4n) is 0.500. The summed E-state index contributed by atoms with van der Waals surface area (Å²) in [7, 11) is 0. The predicted octanol–water partition coefficient (Wildman–Crippen LogP) is 0.332. The first kappa shape index (κ1) is 10.8. The molecule has 0 spiro atoms. The van der Waals surface area contributed by atoms with Crippen molar-refractivity contribution in [3.63, 3.8) is 0 Å². The van der Waals surface area contributed by atoms with Crippen LogP contribution < -0.4 is 11.5 Å². The molecule has 0 aromatic carbocycles. The highest BCUT2D eigenvalue weighted by Crippen LogP contribution is 2.10. The Hall–Kier alpha value is -0.220. The van der Waals surface area contributed by atoms with E-state index in [1.54, 1.807) is 18.7 Å². The average Bonchev–Trinajstić information content (AvgIpc) is 1.88. The summed E-state index contributed by atoms with van der Waals surface area (Å²) in [6.45, 7) is 3.75. The lowest BCUT2D eigenvalue weighted by atomic mass is 10.1. The minimum absolute atomic E-state index is 0.430. The second-order valence-electron chi connectivity index (χ2n) is 2.83. The monoisotopic (exact) mass is 176 g/mol. The summed E-state index contributed by atoms with van der Waals surface area (Å²) in [5.74, 6) is 1.21. The van der Waals surface area contributed by atoms with E-state index >= 15 is 0 Å². The van der Waals surface area contributed by atoms with Gasteiger partial charge in [0, 0.05) is 5.75 Å². The topological polar surface area (TPSA) is 69.1 Å². The van der Waals surface area contributed by atoms with E-state index in [9.17, 15) is 4.79 Å². The molecule has 0 rings (SSSR count). The molecule has 0 saturated heterocycles. The quantitative estimate of drug-likeness (QED) is 0.593. The lowest BCUT2D eigenvalue weighted by molar-refractivity contribution is -0.121. The van der Waals surface area contributed by atoms with Gasteiger partial charge in [0.2, 0.25) is 5.91 Å². The standard InChI is InChI=1S/C7H16N2OS/c1-3-4-11-5-7(2,9)6(8)10/h3-5,9H2,1-2H3,(H2,8,10). The van der Waals surface area contributed by atoms with Crippen molar-refractivity contribution in [2.75, 3.05) is 11.5 Å². The van der Waals surface area contributed by atoms with Crippen LogP contribution in [0.4, 0.5) is 0 Å². The number of hydrogen-bond donors (Lipinski definition) is 2. The molecule has 4 N–H and O–H groups in total. The summed E-state index contributed by atoms with van der Waals surface area (Å²) in [5, 5.41) is 0. The van der Waals surface area contributed by atoms with Crippen molar-refractivity contribution in [2.24, 2.45) is 11.5 Å². The van der Waals surface area contributed by atoms with Crippen LogP contribution >= 0.6 is 11.8 Å². The molecular weight excluding hydrogens is 160 g/mol. The molecule has 1 amide bonds. The fraction of sp³-hybridized carbons (Fsp3) is 0.857. The van der Waals surface area contributed by atoms with Crippen molar-refractivity contribution < 1.29 is 4.79 Å². The van der Waals surface area contributed by atoms with Gasteiger partial charge in [-0.2, -0.15) is 11.8 Å². The van der Waals surface area contributed by atoms with Crippen molar-refractivity contribution >= 4 is 17.7 Å². The van der Waals surface area contributed by atoms with Gasteiger partial charge >= 0.3 is 0 Å². The summed E-state index contributed by atoms with van der Waals surface area (Å²) in [4.78, 5) is 10.7. The molecule has 0 heterocycles. The summed E-state index contributed by atoms with van der Waals surface area (Å²) in [6, 6.07) is 0. The second-order valence-corrected chi connectivity index (χ2v) is 3.94. The third kappa shape index (κ3) is 4.27. The molecule has 0 radical (unpaired) electrons. The smallest absolute Gasteiger partial charge is 0.238 e. The van der Waals surface area contributed by atoms with Gasteiger partial charge in [-0.05, 0) is 19.1 Å². The van der Waals surface area contributed by atoms with Crippen LogP contribution in [0.1, 0.15) is 20.3 Å². The highest BCUT2D eigenvalue weighted by atomic mass is 32.2. The van der Waals surface area contributed by atoms with Gasteiger partial charge in [-0.3, -0.25) is 4.79 Å². The normalized spacial score (nSPS) is 15.9. The number of rotatable bonds is 5. The van der Waals surface area contributed by atoms with Crippen LogP contribution in [0.5, 0.6) is 0 Å². The average molecular weight is 176 g/mol. The Morgan fingerprint density at radius 1 is 1.64 bits per heavy atom. The number of thioether (sulfide) groups is 1. The third-order valence-electron chi connectivity index (χ3n) is 1.31. The van der Waals surface area contributed by atoms with Gasteiger partial charge < -0.3 is 11.5 Å². The molecule has 3 nitrogen and oxygen atoms in total. The zero-order chi connectivity index (χ0) is 8.91. The minimum atomic E-state index is -0.847. The first-order valence-electron chi connectivity index (χ1n) is 3.67. The lowest BCUT2D eigenvalue weighted by Gasteiger charge is -2.19. The predicted molar refractivity (Wildman–Crippen MR) is 49.4 cm³/mol. The Morgan fingerprint density at radius 3 is 2.55 bits per heavy atom. The van der Waals surface area contributed by atoms with Crippen molar-refractivity contribution in [2.45, 2.75) is 25.8 Å². The number of carbonyl (C=O) groups is 1. The Morgan fingerprint density at radius 2 is 2.18 bits per heavy atom. The van der Waals surface area contributed by atoms with Gasteiger partial charge in [-0.15, -0.1) is 0 Å². The summed E-state index contributed by atoms with van der Waals surface area (Å²) in [5.41, 5.74) is 9.83. The largest absolute Gasteiger partial charge is 0.368 e. The Balaban J connectivity index is 3.64. The summed E-state index contributed by atoms with van der Waals surface area (Å²) in [6.07, 6.45) is 1.10. The van der Waals surface area contributed by atoms with Gasteiger partial charge in [0.25, 0.3) is 0 Å². The minimum Gasteiger partial charge on any atom is -0.368 e. The number of nitrogens with two attached hydrogens (primary N) is 2. The molecule has 0 aromatic rings. The highest BCUT2D eigenvalue weighted by Gasteiger charge is 2.24. The molecule has 11 heavy (non-hydrogen) atoms. The van der Waals surface area contributed by atoms with Crippen LogP contribution in [0.2, 0.25) is 0 Å².